The molecule has 1 saturated heterocycles. The van der Waals surface area contributed by atoms with Crippen LogP contribution in [0.15, 0.2) is 48.7 Å². The number of carbonyl (C=O) groups excluding carboxylic acids is 1. The predicted octanol–water partition coefficient (Wildman–Crippen LogP) is 3.60. The van der Waals surface area contributed by atoms with E-state index in [4.69, 9.17) is 11.5 Å². The van der Waals surface area contributed by atoms with Crippen molar-refractivity contribution in [1.82, 2.24) is 15.3 Å². The van der Waals surface area contributed by atoms with Crippen molar-refractivity contribution in [1.29, 1.82) is 0 Å². The van der Waals surface area contributed by atoms with Gasteiger partial charge in [0, 0.05) is 48.5 Å². The fraction of sp³-hybridized carbons (Fsp3) is 0.321. The van der Waals surface area contributed by atoms with E-state index in [0.717, 1.165) is 28.5 Å². The third kappa shape index (κ3) is 7.10. The number of fused-ring (bicyclic) bond motifs is 1. The summed E-state index contributed by atoms with van der Waals surface area (Å²) < 4.78 is 63.4. The Labute approximate surface area is 256 Å². The monoisotopic (exact) mass is 648 g/mol. The highest BCUT2D eigenvalue weighted by Gasteiger charge is 2.37. The van der Waals surface area contributed by atoms with Crippen LogP contribution in [0.25, 0.3) is 21.3 Å². The highest BCUT2D eigenvalue weighted by molar-refractivity contribution is 7.79. The molecule has 1 aliphatic heterocycles. The molecular weight excluding hydrogens is 619 g/mol. The fourth-order valence-corrected chi connectivity index (χ4v) is 6.35. The van der Waals surface area contributed by atoms with Gasteiger partial charge in [-0.15, -0.1) is 11.3 Å². The van der Waals surface area contributed by atoms with E-state index in [-0.39, 0.29) is 45.1 Å². The standard InChI is InChI=1S/C28H30F3N7O4S2/c29-28(30,31)19-11-22(37-27-23(19)24(32)25(43-27)26(33)40)38-8-6-17(7-9-38)34-13-21(39)20-5-4-16(12-35-20)15-2-1-3-18(10-15)36-14-44(41)42/h1-5,10-12,17,21,34,36,39H,6-9,13-14,32H2,(H2,33,40)(H,41,42)/p-1. The zero-order valence-electron chi connectivity index (χ0n) is 23.1. The lowest BCUT2D eigenvalue weighted by Gasteiger charge is -2.34. The first-order valence-electron chi connectivity index (χ1n) is 13.5. The minimum absolute atomic E-state index is 0.00400. The Morgan fingerprint density at radius 2 is 1.95 bits per heavy atom. The van der Waals surface area contributed by atoms with Crippen LogP contribution in [0.3, 0.4) is 0 Å². The van der Waals surface area contributed by atoms with Crippen LogP contribution in [0.5, 0.6) is 0 Å². The van der Waals surface area contributed by atoms with Gasteiger partial charge < -0.3 is 36.7 Å². The van der Waals surface area contributed by atoms with Gasteiger partial charge >= 0.3 is 6.18 Å². The van der Waals surface area contributed by atoms with Crippen molar-refractivity contribution in [3.8, 4) is 11.1 Å². The predicted molar refractivity (Wildman–Crippen MR) is 163 cm³/mol. The first-order valence-corrected chi connectivity index (χ1v) is 15.6. The summed E-state index contributed by atoms with van der Waals surface area (Å²) in [4.78, 5) is 22.1. The van der Waals surface area contributed by atoms with Crippen molar-refractivity contribution in [2.45, 2.75) is 31.2 Å². The molecule has 0 aliphatic carbocycles. The molecule has 1 fully saturated rings. The summed E-state index contributed by atoms with van der Waals surface area (Å²) in [5.74, 6) is -0.961. The van der Waals surface area contributed by atoms with Crippen molar-refractivity contribution >= 4 is 55.7 Å². The molecule has 44 heavy (non-hydrogen) atoms. The number of thiophene rings is 1. The number of nitrogens with one attached hydrogen (secondary N) is 2. The number of aromatic nitrogens is 2. The second-order valence-corrected chi connectivity index (χ2v) is 12.2. The second kappa shape index (κ2) is 13.0. The van der Waals surface area contributed by atoms with Crippen molar-refractivity contribution in [2.24, 2.45) is 5.73 Å². The first kappa shape index (κ1) is 31.6. The van der Waals surface area contributed by atoms with Crippen LogP contribution in [0, 0.1) is 0 Å². The lowest BCUT2D eigenvalue weighted by molar-refractivity contribution is -0.136. The smallest absolute Gasteiger partial charge is 0.417 e. The molecule has 234 valence electrons. The van der Waals surface area contributed by atoms with Crippen molar-refractivity contribution < 1.29 is 31.8 Å². The third-order valence-corrected chi connectivity index (χ3v) is 8.85. The van der Waals surface area contributed by atoms with Crippen LogP contribution in [0.1, 0.15) is 39.9 Å². The average Bonchev–Trinajstić information content (AvgIpc) is 3.34. The summed E-state index contributed by atoms with van der Waals surface area (Å²) in [7, 11) is 0. The van der Waals surface area contributed by atoms with Crippen molar-refractivity contribution in [3.63, 3.8) is 0 Å². The summed E-state index contributed by atoms with van der Waals surface area (Å²) in [6.07, 6.45) is -2.75. The number of carbonyl (C=O) groups is 1. The number of nitrogens with two attached hydrogens (primary N) is 2. The number of piperidine rings is 1. The second-order valence-electron chi connectivity index (χ2n) is 10.3. The van der Waals surface area contributed by atoms with E-state index in [1.165, 1.54) is 0 Å². The van der Waals surface area contributed by atoms with Crippen LogP contribution in [0.2, 0.25) is 0 Å². The molecule has 2 unspecified atom stereocenters. The van der Waals surface area contributed by atoms with Gasteiger partial charge in [0.1, 0.15) is 21.6 Å². The van der Waals surface area contributed by atoms with Gasteiger partial charge in [-0.25, -0.2) is 4.98 Å². The SMILES string of the molecule is NC(=O)c1sc2nc(N3CCC(NCC(O)c4ccc(-c5cccc(NCS(=O)[O-])c5)cn4)CC3)cc(C(F)(F)F)c2c1N. The topological polar surface area (TPSA) is 183 Å². The lowest BCUT2D eigenvalue weighted by Crippen LogP contribution is -2.44. The summed E-state index contributed by atoms with van der Waals surface area (Å²) in [6.45, 7) is 1.09. The number of hydrogen-bond acceptors (Lipinski definition) is 11. The van der Waals surface area contributed by atoms with E-state index in [1.54, 1.807) is 35.4 Å². The van der Waals surface area contributed by atoms with Crippen LogP contribution in [-0.4, -0.2) is 61.3 Å². The van der Waals surface area contributed by atoms with E-state index >= 15 is 0 Å². The number of primary amides is 1. The van der Waals surface area contributed by atoms with Gasteiger partial charge in [0.25, 0.3) is 5.91 Å². The largest absolute Gasteiger partial charge is 0.771 e. The molecule has 4 aromatic rings. The summed E-state index contributed by atoms with van der Waals surface area (Å²) >= 11 is -1.47. The van der Waals surface area contributed by atoms with Gasteiger partial charge in [-0.05, 0) is 53.8 Å². The van der Waals surface area contributed by atoms with Gasteiger partial charge in [0.15, 0.2) is 0 Å². The number of aliphatic hydroxyl groups excluding tert-OH is 1. The highest BCUT2D eigenvalue weighted by atomic mass is 32.2. The molecular formula is C28H29F3N7O4S2-. The number of rotatable bonds is 10. The Morgan fingerprint density at radius 1 is 1.20 bits per heavy atom. The maximum Gasteiger partial charge on any atom is 0.417 e. The Morgan fingerprint density at radius 3 is 2.59 bits per heavy atom. The molecule has 4 heterocycles. The summed E-state index contributed by atoms with van der Waals surface area (Å²) in [5, 5.41) is 16.5. The number of pyridine rings is 2. The number of aliphatic hydroxyl groups is 1. The molecule has 0 radical (unpaired) electrons. The average molecular weight is 649 g/mol. The maximum atomic E-state index is 13.9. The van der Waals surface area contributed by atoms with Gasteiger partial charge in [0.2, 0.25) is 0 Å². The quantitative estimate of drug-likeness (QED) is 0.159. The Hall–Kier alpha value is -3.83. The van der Waals surface area contributed by atoms with Crippen LogP contribution in [0.4, 0.5) is 30.4 Å². The normalized spacial score (nSPS) is 15.8. The van der Waals surface area contributed by atoms with Gasteiger partial charge in [-0.3, -0.25) is 14.0 Å². The third-order valence-electron chi connectivity index (χ3n) is 7.35. The zero-order valence-corrected chi connectivity index (χ0v) is 24.8. The molecule has 0 spiro atoms. The number of nitrogen functional groups attached to an aromatic ring is 1. The van der Waals surface area contributed by atoms with E-state index < -0.39 is 34.8 Å². The molecule has 1 aliphatic rings. The summed E-state index contributed by atoms with van der Waals surface area (Å²) in [6, 6.07) is 11.7. The number of benzene rings is 1. The van der Waals surface area contributed by atoms with Gasteiger partial charge in [-0.2, -0.15) is 13.2 Å². The molecule has 11 nitrogen and oxygen atoms in total. The molecule has 1 amide bonds. The first-order chi connectivity index (χ1) is 20.9. The number of hydrogen-bond donors (Lipinski definition) is 5. The molecule has 0 saturated carbocycles. The van der Waals surface area contributed by atoms with E-state index in [2.05, 4.69) is 20.6 Å². The van der Waals surface area contributed by atoms with Crippen LogP contribution < -0.4 is 27.0 Å². The molecule has 3 aromatic heterocycles. The highest BCUT2D eigenvalue weighted by Crippen LogP contribution is 2.43. The lowest BCUT2D eigenvalue weighted by atomic mass is 10.0. The Kier molecular flexibility index (Phi) is 9.36. The molecule has 5 rings (SSSR count). The molecule has 16 heteroatoms. The fourth-order valence-electron chi connectivity index (χ4n) is 5.10. The minimum Gasteiger partial charge on any atom is -0.771 e. The van der Waals surface area contributed by atoms with Gasteiger partial charge in [0.05, 0.1) is 22.8 Å². The number of nitrogens with zero attached hydrogens (tertiary/aromatic N) is 3. The van der Waals surface area contributed by atoms with Crippen molar-refractivity contribution in [2.75, 3.05) is 41.5 Å². The Balaban J connectivity index is 1.18. The minimum atomic E-state index is -4.70. The molecule has 1 aromatic carbocycles. The van der Waals surface area contributed by atoms with Crippen LogP contribution in [-0.2, 0) is 17.3 Å². The number of alkyl halides is 3. The van der Waals surface area contributed by atoms with Crippen LogP contribution >= 0.6 is 11.3 Å². The molecule has 0 bridgehead atoms. The molecule has 7 N–H and O–H groups in total. The summed E-state index contributed by atoms with van der Waals surface area (Å²) in [5.41, 5.74) is 12.6. The Bertz CT molecular complexity index is 1680. The number of anilines is 3. The van der Waals surface area contributed by atoms with E-state index in [1.807, 2.05) is 12.1 Å². The maximum absolute atomic E-state index is 13.9. The zero-order chi connectivity index (χ0) is 31.6. The van der Waals surface area contributed by atoms with E-state index in [9.17, 15) is 31.8 Å². The number of halogens is 3. The number of amides is 1. The van der Waals surface area contributed by atoms with Gasteiger partial charge in [-0.1, -0.05) is 18.2 Å². The van der Waals surface area contributed by atoms with Crippen molar-refractivity contribution in [3.05, 3.63) is 64.8 Å². The van der Waals surface area contributed by atoms with E-state index in [0.29, 0.717) is 37.3 Å². The molecule has 2 atom stereocenters.